The van der Waals surface area contributed by atoms with Crippen LogP contribution in [0.5, 0.6) is 0 Å². The number of carbonyl (C=O) groups excluding carboxylic acids is 1. The van der Waals surface area contributed by atoms with Gasteiger partial charge in [-0.3, -0.25) is 4.79 Å². The molecule has 0 saturated heterocycles. The third-order valence-corrected chi connectivity index (χ3v) is 4.50. The topological polar surface area (TPSA) is 71.2 Å². The fourth-order valence-corrected chi connectivity index (χ4v) is 2.82. The van der Waals surface area contributed by atoms with Crippen molar-refractivity contribution in [3.05, 3.63) is 33.4 Å². The zero-order valence-electron chi connectivity index (χ0n) is 11.5. The molecule has 1 aromatic heterocycles. The molecule has 0 saturated carbocycles. The lowest BCUT2D eigenvalue weighted by atomic mass is 10.3. The van der Waals surface area contributed by atoms with Crippen molar-refractivity contribution in [3.8, 4) is 0 Å². The van der Waals surface area contributed by atoms with E-state index in [0.717, 1.165) is 6.54 Å². The highest BCUT2D eigenvalue weighted by Gasteiger charge is 2.19. The molecular weight excluding hydrogens is 359 g/mol. The number of nitrogens with two attached hydrogens (primary N) is 1. The number of aromatic nitrogens is 1. The second-order valence-corrected chi connectivity index (χ2v) is 6.20. The maximum atomic E-state index is 13.6. The first-order valence-corrected chi connectivity index (χ1v) is 7.77. The van der Waals surface area contributed by atoms with Gasteiger partial charge in [-0.2, -0.15) is 0 Å². The number of halogens is 2. The van der Waals surface area contributed by atoms with Crippen LogP contribution in [0, 0.1) is 5.82 Å². The molecule has 0 aliphatic rings. The van der Waals surface area contributed by atoms with Crippen LogP contribution in [0.4, 0.5) is 21.0 Å². The van der Waals surface area contributed by atoms with E-state index in [1.165, 1.54) is 23.5 Å². The van der Waals surface area contributed by atoms with E-state index in [-0.39, 0.29) is 16.4 Å². The number of benzene rings is 1. The SMILES string of the molecule is CCN(C)c1nc(N)c(C(=O)Nc2cc(Br)ccc2F)s1. The number of rotatable bonds is 4. The van der Waals surface area contributed by atoms with Crippen LogP contribution in [0.2, 0.25) is 0 Å². The van der Waals surface area contributed by atoms with Crippen LogP contribution in [0.15, 0.2) is 22.7 Å². The van der Waals surface area contributed by atoms with Crippen LogP contribution in [-0.4, -0.2) is 24.5 Å². The smallest absolute Gasteiger partial charge is 0.269 e. The molecule has 0 unspecified atom stereocenters. The summed E-state index contributed by atoms with van der Waals surface area (Å²) in [7, 11) is 1.86. The number of anilines is 3. The molecule has 0 atom stereocenters. The van der Waals surface area contributed by atoms with Crippen LogP contribution < -0.4 is 16.0 Å². The van der Waals surface area contributed by atoms with Crippen LogP contribution in [0.3, 0.4) is 0 Å². The molecule has 1 heterocycles. The lowest BCUT2D eigenvalue weighted by Gasteiger charge is -2.10. The molecule has 1 aromatic carbocycles. The van der Waals surface area contributed by atoms with E-state index in [2.05, 4.69) is 26.2 Å². The highest BCUT2D eigenvalue weighted by Crippen LogP contribution is 2.29. The average Bonchev–Trinajstić information content (AvgIpc) is 2.84. The van der Waals surface area contributed by atoms with Gasteiger partial charge >= 0.3 is 0 Å². The first-order chi connectivity index (χ1) is 9.92. The highest BCUT2D eigenvalue weighted by molar-refractivity contribution is 9.10. The maximum Gasteiger partial charge on any atom is 0.269 e. The molecule has 8 heteroatoms. The van der Waals surface area contributed by atoms with Crippen molar-refractivity contribution in [2.24, 2.45) is 0 Å². The standard InChI is InChI=1S/C13H14BrFN4OS/c1-3-19(2)13-18-11(16)10(21-13)12(20)17-9-6-7(14)4-5-8(9)15/h4-6H,3,16H2,1-2H3,(H,17,20). The molecule has 0 spiro atoms. The largest absolute Gasteiger partial charge is 0.382 e. The van der Waals surface area contributed by atoms with Crippen molar-refractivity contribution in [3.63, 3.8) is 0 Å². The van der Waals surface area contributed by atoms with Crippen LogP contribution >= 0.6 is 27.3 Å². The third kappa shape index (κ3) is 3.51. The van der Waals surface area contributed by atoms with E-state index in [0.29, 0.717) is 9.60 Å². The van der Waals surface area contributed by atoms with Gasteiger partial charge in [-0.25, -0.2) is 9.37 Å². The summed E-state index contributed by atoms with van der Waals surface area (Å²) in [6.45, 7) is 2.71. The summed E-state index contributed by atoms with van der Waals surface area (Å²) in [5.41, 5.74) is 5.86. The van der Waals surface area contributed by atoms with Crippen molar-refractivity contribution in [1.82, 2.24) is 4.98 Å². The fourth-order valence-electron chi connectivity index (χ4n) is 1.55. The first kappa shape index (κ1) is 15.7. The minimum atomic E-state index is -0.513. The minimum Gasteiger partial charge on any atom is -0.382 e. The fraction of sp³-hybridized carbons (Fsp3) is 0.231. The van der Waals surface area contributed by atoms with E-state index in [1.807, 2.05) is 18.9 Å². The maximum absolute atomic E-state index is 13.6. The molecular formula is C13H14BrFN4OS. The van der Waals surface area contributed by atoms with Gasteiger partial charge in [-0.05, 0) is 25.1 Å². The van der Waals surface area contributed by atoms with E-state index in [4.69, 9.17) is 5.73 Å². The van der Waals surface area contributed by atoms with Crippen LogP contribution in [-0.2, 0) is 0 Å². The van der Waals surface area contributed by atoms with E-state index >= 15 is 0 Å². The molecule has 2 aromatic rings. The number of thiazole rings is 1. The Hall–Kier alpha value is -1.67. The molecule has 21 heavy (non-hydrogen) atoms. The van der Waals surface area contributed by atoms with Crippen molar-refractivity contribution in [2.75, 3.05) is 29.5 Å². The van der Waals surface area contributed by atoms with Gasteiger partial charge in [-0.15, -0.1) is 0 Å². The molecule has 0 bridgehead atoms. The van der Waals surface area contributed by atoms with Crippen molar-refractivity contribution < 1.29 is 9.18 Å². The Morgan fingerprint density at radius 1 is 1.57 bits per heavy atom. The van der Waals surface area contributed by atoms with Gasteiger partial charge in [0.25, 0.3) is 5.91 Å². The minimum absolute atomic E-state index is 0.0903. The number of nitrogens with one attached hydrogen (secondary N) is 1. The molecule has 0 aliphatic heterocycles. The average molecular weight is 373 g/mol. The first-order valence-electron chi connectivity index (χ1n) is 6.16. The number of carbonyl (C=O) groups is 1. The van der Waals surface area contributed by atoms with E-state index < -0.39 is 11.7 Å². The van der Waals surface area contributed by atoms with Gasteiger partial charge in [-0.1, -0.05) is 27.3 Å². The number of amides is 1. The summed E-state index contributed by atoms with van der Waals surface area (Å²) in [5.74, 6) is -0.846. The highest BCUT2D eigenvalue weighted by atomic mass is 79.9. The monoisotopic (exact) mass is 372 g/mol. The van der Waals surface area contributed by atoms with Gasteiger partial charge in [0.15, 0.2) is 5.13 Å². The number of hydrogen-bond acceptors (Lipinski definition) is 5. The van der Waals surface area contributed by atoms with Crippen LogP contribution in [0.1, 0.15) is 16.6 Å². The lowest BCUT2D eigenvalue weighted by Crippen LogP contribution is -2.15. The molecule has 1 amide bonds. The molecule has 5 nitrogen and oxygen atoms in total. The predicted octanol–water partition coefficient (Wildman–Crippen LogP) is 3.34. The Morgan fingerprint density at radius 2 is 2.29 bits per heavy atom. The molecule has 0 fully saturated rings. The van der Waals surface area contributed by atoms with Gasteiger partial charge in [0, 0.05) is 18.1 Å². The number of nitrogen functional groups attached to an aromatic ring is 1. The Balaban J connectivity index is 2.24. The second-order valence-electron chi connectivity index (χ2n) is 4.30. The Morgan fingerprint density at radius 3 is 2.95 bits per heavy atom. The van der Waals surface area contributed by atoms with Gasteiger partial charge in [0.1, 0.15) is 16.5 Å². The molecule has 0 aliphatic carbocycles. The summed E-state index contributed by atoms with van der Waals surface area (Å²) < 4.78 is 14.3. The summed E-state index contributed by atoms with van der Waals surface area (Å²) in [5, 5.41) is 3.15. The summed E-state index contributed by atoms with van der Waals surface area (Å²) in [6, 6.07) is 4.32. The normalized spacial score (nSPS) is 10.5. The van der Waals surface area contributed by atoms with E-state index in [9.17, 15) is 9.18 Å². The predicted molar refractivity (Wildman–Crippen MR) is 87.5 cm³/mol. The summed E-state index contributed by atoms with van der Waals surface area (Å²) in [6.07, 6.45) is 0. The second kappa shape index (κ2) is 6.40. The molecule has 3 N–H and O–H groups in total. The van der Waals surface area contributed by atoms with Gasteiger partial charge in [0.05, 0.1) is 5.69 Å². The van der Waals surface area contributed by atoms with E-state index in [1.54, 1.807) is 6.07 Å². The van der Waals surface area contributed by atoms with Crippen LogP contribution in [0.25, 0.3) is 0 Å². The zero-order chi connectivity index (χ0) is 15.6. The molecule has 2 rings (SSSR count). The Kier molecular flexibility index (Phi) is 4.79. The number of hydrogen-bond donors (Lipinski definition) is 2. The third-order valence-electron chi connectivity index (χ3n) is 2.83. The Bertz CT molecular complexity index is 676. The van der Waals surface area contributed by atoms with Crippen molar-refractivity contribution in [1.29, 1.82) is 0 Å². The number of nitrogens with zero attached hydrogens (tertiary/aromatic N) is 2. The zero-order valence-corrected chi connectivity index (χ0v) is 13.9. The molecule has 112 valence electrons. The molecule has 0 radical (unpaired) electrons. The van der Waals surface area contributed by atoms with Crippen molar-refractivity contribution >= 4 is 49.8 Å². The quantitative estimate of drug-likeness (QED) is 0.863. The van der Waals surface area contributed by atoms with Gasteiger partial charge < -0.3 is 16.0 Å². The van der Waals surface area contributed by atoms with Crippen molar-refractivity contribution in [2.45, 2.75) is 6.92 Å². The lowest BCUT2D eigenvalue weighted by molar-refractivity contribution is 0.103. The van der Waals surface area contributed by atoms with Gasteiger partial charge in [0.2, 0.25) is 0 Å². The Labute approximate surface area is 134 Å². The summed E-state index contributed by atoms with van der Waals surface area (Å²) >= 11 is 4.40. The summed E-state index contributed by atoms with van der Waals surface area (Å²) in [4.78, 5) is 18.5.